The molecular weight excluding hydrogens is 405 g/mol. The standard InChI is InChI=1S/C15H11Cl2N3O5S/c1-24-5-4-19-13-9(17)6-8(16)7-11(13)26-15(19)18-14(21)10-2-3-12(25-10)20(22)23/h2-3,6-7H,4-5H2,1H3. The number of fused-ring (bicyclic) bond motifs is 1. The summed E-state index contributed by atoms with van der Waals surface area (Å²) >= 11 is 13.5. The van der Waals surface area contributed by atoms with Gasteiger partial charge in [-0.05, 0) is 18.2 Å². The highest BCUT2D eigenvalue weighted by atomic mass is 35.5. The van der Waals surface area contributed by atoms with Gasteiger partial charge in [0.1, 0.15) is 4.92 Å². The molecule has 0 spiro atoms. The van der Waals surface area contributed by atoms with Gasteiger partial charge in [-0.2, -0.15) is 4.99 Å². The molecule has 11 heteroatoms. The Bertz CT molecular complexity index is 1070. The number of hydrogen-bond acceptors (Lipinski definition) is 6. The van der Waals surface area contributed by atoms with E-state index < -0.39 is 16.7 Å². The van der Waals surface area contributed by atoms with Crippen molar-refractivity contribution in [2.45, 2.75) is 6.54 Å². The fourth-order valence-electron chi connectivity index (χ4n) is 2.29. The zero-order valence-electron chi connectivity index (χ0n) is 13.3. The maximum absolute atomic E-state index is 12.3. The Morgan fingerprint density at radius 3 is 2.85 bits per heavy atom. The highest BCUT2D eigenvalue weighted by Gasteiger charge is 2.18. The Hall–Kier alpha value is -2.20. The number of benzene rings is 1. The first kappa shape index (κ1) is 18.6. The lowest BCUT2D eigenvalue weighted by Gasteiger charge is -2.05. The van der Waals surface area contributed by atoms with Gasteiger partial charge in [0.2, 0.25) is 5.76 Å². The van der Waals surface area contributed by atoms with Gasteiger partial charge in [0.25, 0.3) is 0 Å². The van der Waals surface area contributed by atoms with E-state index in [0.717, 1.165) is 10.8 Å². The minimum atomic E-state index is -0.738. The maximum atomic E-state index is 12.3. The Kier molecular flexibility index (Phi) is 5.42. The fourth-order valence-corrected chi connectivity index (χ4v) is 4.12. The molecule has 0 unspecified atom stereocenters. The number of carbonyl (C=O) groups is 1. The van der Waals surface area contributed by atoms with Crippen molar-refractivity contribution in [2.24, 2.45) is 4.99 Å². The van der Waals surface area contributed by atoms with Gasteiger partial charge in [0.05, 0.1) is 27.9 Å². The Morgan fingerprint density at radius 1 is 1.42 bits per heavy atom. The molecule has 8 nitrogen and oxygen atoms in total. The monoisotopic (exact) mass is 415 g/mol. The number of nitro groups is 1. The Labute approximate surface area is 160 Å². The number of carbonyl (C=O) groups excluding carboxylic acids is 1. The van der Waals surface area contributed by atoms with Crippen molar-refractivity contribution in [3.8, 4) is 0 Å². The van der Waals surface area contributed by atoms with Gasteiger partial charge in [-0.1, -0.05) is 34.5 Å². The van der Waals surface area contributed by atoms with Gasteiger partial charge in [-0.3, -0.25) is 14.9 Å². The number of methoxy groups -OCH3 is 1. The lowest BCUT2D eigenvalue weighted by atomic mass is 10.3. The average molecular weight is 416 g/mol. The summed E-state index contributed by atoms with van der Waals surface area (Å²) in [6.45, 7) is 0.778. The van der Waals surface area contributed by atoms with Crippen LogP contribution in [0.4, 0.5) is 5.88 Å². The molecule has 3 aromatic rings. The van der Waals surface area contributed by atoms with E-state index in [1.54, 1.807) is 23.8 Å². The molecule has 0 aliphatic rings. The summed E-state index contributed by atoms with van der Waals surface area (Å²) in [5.74, 6) is -1.49. The second-order valence-electron chi connectivity index (χ2n) is 5.08. The molecule has 1 aromatic carbocycles. The zero-order valence-corrected chi connectivity index (χ0v) is 15.6. The van der Waals surface area contributed by atoms with Gasteiger partial charge >= 0.3 is 11.8 Å². The average Bonchev–Trinajstić information content (AvgIpc) is 3.18. The normalized spacial score (nSPS) is 12.0. The number of halogens is 2. The summed E-state index contributed by atoms with van der Waals surface area (Å²) < 4.78 is 12.5. The largest absolute Gasteiger partial charge is 0.433 e. The van der Waals surface area contributed by atoms with Crippen molar-refractivity contribution in [1.29, 1.82) is 0 Å². The van der Waals surface area contributed by atoms with Gasteiger partial charge < -0.3 is 13.7 Å². The topological polar surface area (TPSA) is 99.9 Å². The van der Waals surface area contributed by atoms with Crippen LogP contribution < -0.4 is 4.80 Å². The van der Waals surface area contributed by atoms with Crippen LogP contribution in [0.5, 0.6) is 0 Å². The van der Waals surface area contributed by atoms with Gasteiger partial charge in [-0.25, -0.2) is 0 Å². The lowest BCUT2D eigenvalue weighted by molar-refractivity contribution is -0.402. The first-order valence-electron chi connectivity index (χ1n) is 7.21. The van der Waals surface area contributed by atoms with E-state index in [1.807, 2.05) is 0 Å². The van der Waals surface area contributed by atoms with E-state index in [1.165, 1.54) is 17.4 Å². The van der Waals surface area contributed by atoms with E-state index in [9.17, 15) is 14.9 Å². The summed E-state index contributed by atoms with van der Waals surface area (Å²) in [4.78, 5) is 26.7. The minimum absolute atomic E-state index is 0.225. The first-order chi connectivity index (χ1) is 12.4. The summed E-state index contributed by atoms with van der Waals surface area (Å²) in [6, 6.07) is 5.63. The summed E-state index contributed by atoms with van der Waals surface area (Å²) in [5, 5.41) is 11.6. The zero-order chi connectivity index (χ0) is 18.8. The van der Waals surface area contributed by atoms with Crippen LogP contribution in [0, 0.1) is 10.1 Å². The number of nitrogens with zero attached hydrogens (tertiary/aromatic N) is 3. The molecule has 136 valence electrons. The first-order valence-corrected chi connectivity index (χ1v) is 8.78. The highest BCUT2D eigenvalue weighted by Crippen LogP contribution is 2.29. The van der Waals surface area contributed by atoms with Crippen molar-refractivity contribution in [2.75, 3.05) is 13.7 Å². The number of thiazole rings is 1. The Balaban J connectivity index is 2.12. The van der Waals surface area contributed by atoms with Crippen molar-refractivity contribution in [3.63, 3.8) is 0 Å². The SMILES string of the molecule is COCCn1c(=NC(=O)c2ccc([N+](=O)[O-])o2)sc2cc(Cl)cc(Cl)c21. The molecule has 0 radical (unpaired) electrons. The van der Waals surface area contributed by atoms with Crippen molar-refractivity contribution in [1.82, 2.24) is 4.57 Å². The third-order valence-electron chi connectivity index (χ3n) is 3.39. The summed E-state index contributed by atoms with van der Waals surface area (Å²) in [7, 11) is 1.55. The molecule has 0 saturated heterocycles. The minimum Gasteiger partial charge on any atom is -0.395 e. The Morgan fingerprint density at radius 2 is 2.19 bits per heavy atom. The molecule has 26 heavy (non-hydrogen) atoms. The van der Waals surface area contributed by atoms with E-state index >= 15 is 0 Å². The second kappa shape index (κ2) is 7.58. The number of furan rings is 1. The van der Waals surface area contributed by atoms with Gasteiger partial charge in [0.15, 0.2) is 4.80 Å². The number of amides is 1. The number of aromatic nitrogens is 1. The highest BCUT2D eigenvalue weighted by molar-refractivity contribution is 7.16. The molecule has 0 saturated carbocycles. The van der Waals surface area contributed by atoms with Crippen LogP contribution in [0.1, 0.15) is 10.6 Å². The predicted molar refractivity (Wildman–Crippen MR) is 97.0 cm³/mol. The van der Waals surface area contributed by atoms with Crippen LogP contribution >= 0.6 is 34.5 Å². The molecule has 0 N–H and O–H groups in total. The van der Waals surface area contributed by atoms with Crippen LogP contribution in [-0.4, -0.2) is 29.1 Å². The van der Waals surface area contributed by atoms with Crippen molar-refractivity contribution >= 4 is 56.5 Å². The van der Waals surface area contributed by atoms with Gasteiger partial charge in [-0.15, -0.1) is 0 Å². The molecule has 0 aliphatic heterocycles. The smallest absolute Gasteiger partial charge is 0.395 e. The molecule has 0 fully saturated rings. The number of ether oxygens (including phenoxy) is 1. The lowest BCUT2D eigenvalue weighted by Crippen LogP contribution is -2.19. The molecule has 0 bridgehead atoms. The van der Waals surface area contributed by atoms with E-state index in [2.05, 4.69) is 4.99 Å². The number of rotatable bonds is 5. The van der Waals surface area contributed by atoms with Crippen LogP contribution in [0.2, 0.25) is 10.0 Å². The molecule has 0 aliphatic carbocycles. The summed E-state index contributed by atoms with van der Waals surface area (Å²) in [6.07, 6.45) is 0. The molecule has 3 rings (SSSR count). The van der Waals surface area contributed by atoms with Crippen LogP contribution in [0.15, 0.2) is 33.7 Å². The predicted octanol–water partition coefficient (Wildman–Crippen LogP) is 3.90. The van der Waals surface area contributed by atoms with E-state index in [0.29, 0.717) is 33.5 Å². The fraction of sp³-hybridized carbons (Fsp3) is 0.200. The maximum Gasteiger partial charge on any atom is 0.433 e. The number of hydrogen-bond donors (Lipinski definition) is 0. The quantitative estimate of drug-likeness (QED) is 0.464. The van der Waals surface area contributed by atoms with Crippen LogP contribution in [-0.2, 0) is 11.3 Å². The van der Waals surface area contributed by atoms with Crippen LogP contribution in [0.25, 0.3) is 10.2 Å². The van der Waals surface area contributed by atoms with E-state index in [4.69, 9.17) is 32.4 Å². The molecular formula is C15H11Cl2N3O5S. The van der Waals surface area contributed by atoms with Crippen LogP contribution in [0.3, 0.4) is 0 Å². The third kappa shape index (κ3) is 3.65. The summed E-state index contributed by atoms with van der Waals surface area (Å²) in [5.41, 5.74) is 0.676. The third-order valence-corrected chi connectivity index (χ3v) is 4.93. The van der Waals surface area contributed by atoms with Crippen molar-refractivity contribution in [3.05, 3.63) is 55.0 Å². The molecule has 2 aromatic heterocycles. The van der Waals surface area contributed by atoms with Gasteiger partial charge in [0, 0.05) is 18.7 Å². The second-order valence-corrected chi connectivity index (χ2v) is 6.93. The molecule has 1 amide bonds. The van der Waals surface area contributed by atoms with Crippen molar-refractivity contribution < 1.29 is 18.9 Å². The molecule has 2 heterocycles. The van der Waals surface area contributed by atoms with E-state index in [-0.39, 0.29) is 5.76 Å². The molecule has 0 atom stereocenters.